The molecule has 0 spiro atoms. The largest absolute Gasteiger partial charge is 0.294 e. The van der Waals surface area contributed by atoms with Crippen LogP contribution < -0.4 is 5.56 Å². The van der Waals surface area contributed by atoms with E-state index in [1.165, 1.54) is 17.0 Å². The molecule has 0 unspecified atom stereocenters. The third-order valence-corrected chi connectivity index (χ3v) is 4.68. The van der Waals surface area contributed by atoms with Crippen molar-refractivity contribution in [3.63, 3.8) is 0 Å². The summed E-state index contributed by atoms with van der Waals surface area (Å²) in [4.78, 5) is 26.2. The minimum absolute atomic E-state index is 0.0588. The van der Waals surface area contributed by atoms with Crippen molar-refractivity contribution in [2.24, 2.45) is 0 Å². The number of rotatable bonds is 3. The molecule has 0 fully saturated rings. The summed E-state index contributed by atoms with van der Waals surface area (Å²) in [6, 6.07) is 4.63. The zero-order valence-electron chi connectivity index (χ0n) is 9.72. The van der Waals surface area contributed by atoms with Gasteiger partial charge in [0.1, 0.15) is 8.95 Å². The van der Waals surface area contributed by atoms with Crippen LogP contribution in [0.2, 0.25) is 5.15 Å². The van der Waals surface area contributed by atoms with Gasteiger partial charge in [-0.15, -0.1) is 0 Å². The molecule has 0 atom stereocenters. The number of halogens is 3. The molecular formula is C11H6Br2ClN3O3. The lowest BCUT2D eigenvalue weighted by molar-refractivity contribution is -0.385. The van der Waals surface area contributed by atoms with Gasteiger partial charge >= 0.3 is 0 Å². The van der Waals surface area contributed by atoms with E-state index in [9.17, 15) is 14.9 Å². The van der Waals surface area contributed by atoms with Crippen LogP contribution in [0.1, 0.15) is 5.56 Å². The zero-order chi connectivity index (χ0) is 14.9. The molecule has 20 heavy (non-hydrogen) atoms. The molecule has 0 radical (unpaired) electrons. The van der Waals surface area contributed by atoms with Gasteiger partial charge in [-0.1, -0.05) is 23.7 Å². The van der Waals surface area contributed by atoms with Crippen LogP contribution in [-0.2, 0) is 6.54 Å². The number of hydrogen-bond donors (Lipinski definition) is 0. The summed E-state index contributed by atoms with van der Waals surface area (Å²) in [6.45, 7) is 0.143. The quantitative estimate of drug-likeness (QED) is 0.431. The Bertz CT molecular complexity index is 748. The number of nitrogens with zero attached hydrogens (tertiary/aromatic N) is 3. The molecule has 1 aromatic carbocycles. The minimum Gasteiger partial charge on any atom is -0.294 e. The second-order valence-corrected chi connectivity index (χ2v) is 5.73. The minimum atomic E-state index is -0.494. The Morgan fingerprint density at radius 2 is 2.05 bits per heavy atom. The Hall–Kier alpha value is -1.25. The van der Waals surface area contributed by atoms with E-state index in [2.05, 4.69) is 36.8 Å². The van der Waals surface area contributed by atoms with Crippen LogP contribution >= 0.6 is 43.5 Å². The molecule has 9 heteroatoms. The van der Waals surface area contributed by atoms with E-state index in [0.717, 1.165) is 0 Å². The fraction of sp³-hybridized carbons (Fsp3) is 0.0909. The average Bonchev–Trinajstić information content (AvgIpc) is 2.41. The first-order chi connectivity index (χ1) is 9.41. The van der Waals surface area contributed by atoms with Gasteiger partial charge in [0.25, 0.3) is 11.2 Å². The van der Waals surface area contributed by atoms with Crippen molar-refractivity contribution in [1.29, 1.82) is 0 Å². The predicted octanol–water partition coefficient (Wildman–Crippen LogP) is 3.38. The molecule has 0 saturated heterocycles. The van der Waals surface area contributed by atoms with Gasteiger partial charge in [0, 0.05) is 6.07 Å². The van der Waals surface area contributed by atoms with E-state index in [0.29, 0.717) is 10.0 Å². The number of aromatic nitrogens is 2. The lowest BCUT2D eigenvalue weighted by atomic mass is 10.2. The first kappa shape index (κ1) is 15.1. The van der Waals surface area contributed by atoms with E-state index in [4.69, 9.17) is 11.6 Å². The van der Waals surface area contributed by atoms with Crippen molar-refractivity contribution in [3.05, 3.63) is 64.7 Å². The maximum Gasteiger partial charge on any atom is 0.283 e. The van der Waals surface area contributed by atoms with Crippen LogP contribution in [0.4, 0.5) is 5.69 Å². The van der Waals surface area contributed by atoms with Crippen molar-refractivity contribution < 1.29 is 4.92 Å². The smallest absolute Gasteiger partial charge is 0.283 e. The van der Waals surface area contributed by atoms with Gasteiger partial charge in [0.05, 0.1) is 17.8 Å². The van der Waals surface area contributed by atoms with Crippen LogP contribution in [-0.4, -0.2) is 14.5 Å². The molecule has 2 rings (SSSR count). The Morgan fingerprint density at radius 1 is 1.35 bits per heavy atom. The number of benzene rings is 1. The van der Waals surface area contributed by atoms with Gasteiger partial charge in [0.2, 0.25) is 0 Å². The second-order valence-electron chi connectivity index (χ2n) is 3.79. The van der Waals surface area contributed by atoms with Gasteiger partial charge in [-0.3, -0.25) is 19.5 Å². The number of nitro benzene ring substituents is 1. The van der Waals surface area contributed by atoms with E-state index in [1.54, 1.807) is 12.1 Å². The average molecular weight is 423 g/mol. The van der Waals surface area contributed by atoms with Crippen molar-refractivity contribution >= 4 is 49.1 Å². The van der Waals surface area contributed by atoms with Gasteiger partial charge in [0.15, 0.2) is 5.15 Å². The Morgan fingerprint density at radius 3 is 2.70 bits per heavy atom. The normalized spacial score (nSPS) is 10.6. The van der Waals surface area contributed by atoms with E-state index in [-0.39, 0.29) is 27.4 Å². The van der Waals surface area contributed by atoms with Crippen LogP contribution in [0.5, 0.6) is 0 Å². The third kappa shape index (κ3) is 2.92. The summed E-state index contributed by atoms with van der Waals surface area (Å²) < 4.78 is 1.80. The molecule has 0 aliphatic rings. The summed E-state index contributed by atoms with van der Waals surface area (Å²) >= 11 is 12.0. The molecule has 2 aromatic rings. The lowest BCUT2D eigenvalue weighted by Crippen LogP contribution is -2.22. The van der Waals surface area contributed by atoms with Crippen LogP contribution in [0.25, 0.3) is 0 Å². The standard InChI is InChI=1S/C11H6Br2ClN3O3/c12-8-6(2-1-3-7(8)17(19)20)4-16-5-15-10(14)9(13)11(16)18/h1-3,5H,4H2. The SMILES string of the molecule is O=c1c(Br)c(Cl)ncn1Cc1cccc([N+](=O)[O-])c1Br. The summed E-state index contributed by atoms with van der Waals surface area (Å²) in [5.74, 6) is 0. The first-order valence-corrected chi connectivity index (χ1v) is 7.20. The highest BCUT2D eigenvalue weighted by atomic mass is 79.9. The van der Waals surface area contributed by atoms with Gasteiger partial charge < -0.3 is 0 Å². The fourth-order valence-electron chi connectivity index (χ4n) is 1.57. The molecule has 0 bridgehead atoms. The molecule has 0 saturated carbocycles. The van der Waals surface area contributed by atoms with Crippen molar-refractivity contribution in [1.82, 2.24) is 9.55 Å². The van der Waals surface area contributed by atoms with Crippen molar-refractivity contribution in [3.8, 4) is 0 Å². The monoisotopic (exact) mass is 421 g/mol. The number of nitro groups is 1. The topological polar surface area (TPSA) is 78.0 Å². The molecule has 0 N–H and O–H groups in total. The maximum absolute atomic E-state index is 12.0. The maximum atomic E-state index is 12.0. The van der Waals surface area contributed by atoms with E-state index < -0.39 is 4.92 Å². The van der Waals surface area contributed by atoms with Crippen molar-refractivity contribution in [2.45, 2.75) is 6.54 Å². The molecule has 0 amide bonds. The Labute approximate surface area is 134 Å². The van der Waals surface area contributed by atoms with Gasteiger partial charge in [-0.2, -0.15) is 0 Å². The Balaban J connectivity index is 2.46. The Kier molecular flexibility index (Phi) is 4.56. The van der Waals surface area contributed by atoms with Crippen molar-refractivity contribution in [2.75, 3.05) is 0 Å². The molecular weight excluding hydrogens is 417 g/mol. The highest BCUT2D eigenvalue weighted by molar-refractivity contribution is 9.11. The van der Waals surface area contributed by atoms with Gasteiger partial charge in [-0.05, 0) is 37.4 Å². The number of hydrogen-bond acceptors (Lipinski definition) is 4. The van der Waals surface area contributed by atoms with E-state index in [1.807, 2.05) is 0 Å². The first-order valence-electron chi connectivity index (χ1n) is 5.24. The molecule has 0 aliphatic carbocycles. The van der Waals surface area contributed by atoms with Crippen LogP contribution in [0.3, 0.4) is 0 Å². The molecule has 1 heterocycles. The van der Waals surface area contributed by atoms with Gasteiger partial charge in [-0.25, -0.2) is 4.98 Å². The molecule has 104 valence electrons. The summed E-state index contributed by atoms with van der Waals surface area (Å²) in [7, 11) is 0. The molecule has 0 aliphatic heterocycles. The fourth-order valence-corrected chi connectivity index (χ4v) is 2.56. The summed E-state index contributed by atoms with van der Waals surface area (Å²) in [5.41, 5.74) is 0.178. The second kappa shape index (κ2) is 6.02. The van der Waals surface area contributed by atoms with Crippen LogP contribution in [0.15, 0.2) is 38.3 Å². The highest BCUT2D eigenvalue weighted by Gasteiger charge is 2.16. The zero-order valence-corrected chi connectivity index (χ0v) is 13.6. The summed E-state index contributed by atoms with van der Waals surface area (Å²) in [6.07, 6.45) is 1.29. The molecule has 1 aromatic heterocycles. The van der Waals surface area contributed by atoms with E-state index >= 15 is 0 Å². The third-order valence-electron chi connectivity index (χ3n) is 2.54. The lowest BCUT2D eigenvalue weighted by Gasteiger charge is -2.08. The molecule has 6 nitrogen and oxygen atoms in total. The van der Waals surface area contributed by atoms with Crippen LogP contribution in [0, 0.1) is 10.1 Å². The summed E-state index contributed by atoms with van der Waals surface area (Å²) in [5, 5.41) is 10.9. The highest BCUT2D eigenvalue weighted by Crippen LogP contribution is 2.28. The predicted molar refractivity (Wildman–Crippen MR) is 81.1 cm³/mol.